The highest BCUT2D eigenvalue weighted by molar-refractivity contribution is 9.10. The Kier molecular flexibility index (Phi) is 7.58. The fraction of sp³-hybridized carbons (Fsp3) is 0.125. The first-order valence-corrected chi connectivity index (χ1v) is 12.0. The average molecular weight is 591 g/mol. The molecule has 9 nitrogen and oxygen atoms in total. The number of rotatable bonds is 7. The smallest absolute Gasteiger partial charge is 0.326 e. The Bertz CT molecular complexity index is 1500. The lowest BCUT2D eigenvalue weighted by Gasteiger charge is -2.16. The standard InChI is InChI=1S/C24H18BrCl2N5O4/c1-31-23(34)20(19(11-28-31)32-12-15(25)10-29-32)14-7-5-13(6-8-14)9-18(24(35)36)30-22(33)21-16(26)3-2-4-17(21)27/h2-8,10-12,18H,9H2,1H3,(H,30,33)(H,35,36)/t18-/m0/s1. The van der Waals surface area contributed by atoms with Gasteiger partial charge in [-0.2, -0.15) is 10.2 Å². The van der Waals surface area contributed by atoms with Crippen LogP contribution in [0.4, 0.5) is 0 Å². The molecule has 0 fully saturated rings. The number of amides is 1. The van der Waals surface area contributed by atoms with Gasteiger partial charge in [0, 0.05) is 19.7 Å². The van der Waals surface area contributed by atoms with E-state index in [2.05, 4.69) is 31.4 Å². The summed E-state index contributed by atoms with van der Waals surface area (Å²) in [5.41, 5.74) is 1.79. The zero-order valence-corrected chi connectivity index (χ0v) is 21.8. The van der Waals surface area contributed by atoms with Crippen molar-refractivity contribution in [1.82, 2.24) is 24.9 Å². The minimum Gasteiger partial charge on any atom is -0.480 e. The van der Waals surface area contributed by atoms with Crippen LogP contribution in [0.3, 0.4) is 0 Å². The third kappa shape index (κ3) is 5.35. The van der Waals surface area contributed by atoms with Crippen LogP contribution in [0.25, 0.3) is 16.8 Å². The van der Waals surface area contributed by atoms with Crippen LogP contribution in [0, 0.1) is 0 Å². The number of carboxylic acids is 1. The molecule has 0 saturated heterocycles. The van der Waals surface area contributed by atoms with Crippen molar-refractivity contribution in [3.63, 3.8) is 0 Å². The van der Waals surface area contributed by atoms with Gasteiger partial charge in [0.05, 0.1) is 43.7 Å². The molecule has 2 heterocycles. The first-order valence-electron chi connectivity index (χ1n) is 10.5. The van der Waals surface area contributed by atoms with Gasteiger partial charge >= 0.3 is 5.97 Å². The maximum absolute atomic E-state index is 12.9. The molecule has 2 aromatic heterocycles. The molecular formula is C24H18BrCl2N5O4. The van der Waals surface area contributed by atoms with Gasteiger partial charge in [-0.1, -0.05) is 53.5 Å². The summed E-state index contributed by atoms with van der Waals surface area (Å²) < 4.78 is 3.50. The lowest BCUT2D eigenvalue weighted by atomic mass is 10.0. The number of benzene rings is 2. The van der Waals surface area contributed by atoms with E-state index >= 15 is 0 Å². The van der Waals surface area contributed by atoms with E-state index in [1.165, 1.54) is 21.5 Å². The third-order valence-corrected chi connectivity index (χ3v) is 6.43. The van der Waals surface area contributed by atoms with E-state index in [9.17, 15) is 19.5 Å². The average Bonchev–Trinajstić information content (AvgIpc) is 3.26. The van der Waals surface area contributed by atoms with Gasteiger partial charge in [-0.25, -0.2) is 14.2 Å². The van der Waals surface area contributed by atoms with E-state index < -0.39 is 17.9 Å². The van der Waals surface area contributed by atoms with Crippen molar-refractivity contribution in [2.45, 2.75) is 12.5 Å². The molecule has 12 heteroatoms. The van der Waals surface area contributed by atoms with Crippen LogP contribution in [0.2, 0.25) is 10.0 Å². The summed E-state index contributed by atoms with van der Waals surface area (Å²) in [6, 6.07) is 10.2. The second kappa shape index (κ2) is 10.7. The van der Waals surface area contributed by atoms with Crippen molar-refractivity contribution in [2.24, 2.45) is 7.05 Å². The summed E-state index contributed by atoms with van der Waals surface area (Å²) in [6.07, 6.45) is 4.84. The second-order valence-corrected chi connectivity index (χ2v) is 9.53. The number of carboxylic acid groups (broad SMARTS) is 1. The molecule has 0 radical (unpaired) electrons. The van der Waals surface area contributed by atoms with E-state index in [0.717, 1.165) is 4.47 Å². The highest BCUT2D eigenvalue weighted by atomic mass is 79.9. The van der Waals surface area contributed by atoms with Crippen LogP contribution in [0.1, 0.15) is 15.9 Å². The molecule has 36 heavy (non-hydrogen) atoms. The Labute approximate surface area is 223 Å². The van der Waals surface area contributed by atoms with Gasteiger partial charge in [0.2, 0.25) is 0 Å². The molecule has 0 bridgehead atoms. The lowest BCUT2D eigenvalue weighted by Crippen LogP contribution is -2.42. The Hall–Kier alpha value is -3.47. The Morgan fingerprint density at radius 2 is 1.75 bits per heavy atom. The molecule has 0 aliphatic carbocycles. The highest BCUT2D eigenvalue weighted by Gasteiger charge is 2.24. The number of carbonyl (C=O) groups is 2. The van der Waals surface area contributed by atoms with Gasteiger partial charge < -0.3 is 10.4 Å². The topological polar surface area (TPSA) is 119 Å². The van der Waals surface area contributed by atoms with E-state index in [0.29, 0.717) is 22.4 Å². The fourth-order valence-corrected chi connectivity index (χ4v) is 4.45. The number of nitrogens with one attached hydrogen (secondary N) is 1. The molecule has 2 aromatic carbocycles. The molecular weight excluding hydrogens is 573 g/mol. The minimum absolute atomic E-state index is 0.00323. The number of hydrogen-bond acceptors (Lipinski definition) is 5. The number of aromatic nitrogens is 4. The zero-order valence-electron chi connectivity index (χ0n) is 18.7. The van der Waals surface area contributed by atoms with Crippen LogP contribution in [0.5, 0.6) is 0 Å². The largest absolute Gasteiger partial charge is 0.480 e. The van der Waals surface area contributed by atoms with E-state index in [1.807, 2.05) is 0 Å². The van der Waals surface area contributed by atoms with Crippen LogP contribution < -0.4 is 10.9 Å². The number of halogens is 3. The van der Waals surface area contributed by atoms with Crippen LogP contribution >= 0.6 is 39.1 Å². The molecule has 4 rings (SSSR count). The number of nitrogens with zero attached hydrogens (tertiary/aromatic N) is 4. The number of aliphatic carboxylic acids is 1. The van der Waals surface area contributed by atoms with Crippen LogP contribution in [-0.4, -0.2) is 42.6 Å². The van der Waals surface area contributed by atoms with Gasteiger partial charge in [-0.15, -0.1) is 0 Å². The lowest BCUT2D eigenvalue weighted by molar-refractivity contribution is -0.139. The van der Waals surface area contributed by atoms with Crippen LogP contribution in [-0.2, 0) is 18.3 Å². The van der Waals surface area contributed by atoms with E-state index in [-0.39, 0.29) is 27.6 Å². The highest BCUT2D eigenvalue weighted by Crippen LogP contribution is 2.26. The first-order chi connectivity index (χ1) is 17.2. The van der Waals surface area contributed by atoms with Crippen molar-refractivity contribution < 1.29 is 14.7 Å². The van der Waals surface area contributed by atoms with Gasteiger partial charge in [-0.3, -0.25) is 9.59 Å². The molecule has 0 saturated carbocycles. The molecule has 1 atom stereocenters. The van der Waals surface area contributed by atoms with Gasteiger partial charge in [0.1, 0.15) is 6.04 Å². The monoisotopic (exact) mass is 589 g/mol. The summed E-state index contributed by atoms with van der Waals surface area (Å²) in [4.78, 5) is 37.5. The van der Waals surface area contributed by atoms with Crippen molar-refractivity contribution in [3.05, 3.63) is 97.1 Å². The zero-order chi connectivity index (χ0) is 26.0. The van der Waals surface area contributed by atoms with Crippen molar-refractivity contribution in [2.75, 3.05) is 0 Å². The maximum Gasteiger partial charge on any atom is 0.326 e. The normalized spacial score (nSPS) is 11.8. The van der Waals surface area contributed by atoms with Gasteiger partial charge in [0.25, 0.3) is 11.5 Å². The third-order valence-electron chi connectivity index (χ3n) is 5.39. The summed E-state index contributed by atoms with van der Waals surface area (Å²) in [6.45, 7) is 0. The van der Waals surface area contributed by atoms with Gasteiger partial charge in [0.15, 0.2) is 0 Å². The molecule has 0 aliphatic heterocycles. The summed E-state index contributed by atoms with van der Waals surface area (Å²) in [5.74, 6) is -1.91. The number of hydrogen-bond donors (Lipinski definition) is 2. The predicted octanol–water partition coefficient (Wildman–Crippen LogP) is 4.13. The van der Waals surface area contributed by atoms with Crippen molar-refractivity contribution in [3.8, 4) is 16.8 Å². The van der Waals surface area contributed by atoms with E-state index in [1.54, 1.807) is 56.0 Å². The summed E-state index contributed by atoms with van der Waals surface area (Å²) in [7, 11) is 1.55. The van der Waals surface area contributed by atoms with E-state index in [4.69, 9.17) is 23.2 Å². The summed E-state index contributed by atoms with van der Waals surface area (Å²) in [5, 5.41) is 20.7. The summed E-state index contributed by atoms with van der Waals surface area (Å²) >= 11 is 15.5. The molecule has 0 aliphatic rings. The molecule has 0 spiro atoms. The first kappa shape index (κ1) is 25.6. The van der Waals surface area contributed by atoms with Crippen LogP contribution in [0.15, 0.2) is 70.3 Å². The quantitative estimate of drug-likeness (QED) is 0.334. The second-order valence-electron chi connectivity index (χ2n) is 7.80. The number of aryl methyl sites for hydroxylation is 1. The maximum atomic E-state index is 12.9. The Morgan fingerprint density at radius 1 is 1.08 bits per heavy atom. The van der Waals surface area contributed by atoms with Crippen molar-refractivity contribution >= 4 is 51.0 Å². The fourth-order valence-electron chi connectivity index (χ4n) is 3.60. The SMILES string of the molecule is Cn1ncc(-n2cc(Br)cn2)c(-c2ccc(C[C@H](NC(=O)c3c(Cl)cccc3Cl)C(=O)O)cc2)c1=O. The van der Waals surface area contributed by atoms with Crippen molar-refractivity contribution in [1.29, 1.82) is 0 Å². The number of carbonyl (C=O) groups excluding carboxylic acids is 1. The molecule has 0 unspecified atom stereocenters. The van der Waals surface area contributed by atoms with Gasteiger partial charge in [-0.05, 0) is 39.2 Å². The predicted molar refractivity (Wildman–Crippen MR) is 139 cm³/mol. The molecule has 4 aromatic rings. The Morgan fingerprint density at radius 3 is 2.33 bits per heavy atom. The molecule has 1 amide bonds. The minimum atomic E-state index is -1.23. The molecule has 2 N–H and O–H groups in total. The molecule has 184 valence electrons. The Balaban J connectivity index is 1.61.